The van der Waals surface area contributed by atoms with Crippen LogP contribution in [0.15, 0.2) is 40.9 Å². The van der Waals surface area contributed by atoms with Crippen molar-refractivity contribution in [1.29, 1.82) is 0 Å². The molecule has 236 valence electrons. The van der Waals surface area contributed by atoms with Gasteiger partial charge in [0.25, 0.3) is 0 Å². The lowest BCUT2D eigenvalue weighted by molar-refractivity contribution is -0.274. The van der Waals surface area contributed by atoms with Gasteiger partial charge in [0.1, 0.15) is 23.0 Å². The van der Waals surface area contributed by atoms with Crippen molar-refractivity contribution in [3.05, 3.63) is 59.2 Å². The van der Waals surface area contributed by atoms with Gasteiger partial charge in [0, 0.05) is 34.5 Å². The molecule has 2 saturated heterocycles. The van der Waals surface area contributed by atoms with E-state index >= 15 is 4.39 Å². The van der Waals surface area contributed by atoms with Crippen LogP contribution in [0.5, 0.6) is 5.75 Å². The second-order valence-corrected chi connectivity index (χ2v) is 13.7. The first kappa shape index (κ1) is 28.7. The molecule has 2 aliphatic heterocycles. The molecule has 2 aromatic carbocycles. The summed E-state index contributed by atoms with van der Waals surface area (Å²) in [5.74, 6) is -1.07. The molecular weight excluding hydrogens is 614 g/mol. The summed E-state index contributed by atoms with van der Waals surface area (Å²) in [6, 6.07) is 9.34. The van der Waals surface area contributed by atoms with E-state index in [-0.39, 0.29) is 53.1 Å². The SMILES string of the molecule is O=C(O)c1nsc2cc(N3C4CCC3CC3(CC(OCc5c(-c6ccccc6OC(F)(F)F)noc5C5CC5)C3)C4)c(F)cc12. The Bertz CT molecular complexity index is 1780. The number of piperidine rings is 1. The highest BCUT2D eigenvalue weighted by atomic mass is 32.1. The number of anilines is 1. The number of hydrogen-bond donors (Lipinski definition) is 1. The summed E-state index contributed by atoms with van der Waals surface area (Å²) in [5.41, 5.74) is 1.68. The number of nitrogens with zero attached hydrogens (tertiary/aromatic N) is 3. The van der Waals surface area contributed by atoms with Crippen LogP contribution < -0.4 is 9.64 Å². The second kappa shape index (κ2) is 10.4. The maximum Gasteiger partial charge on any atom is 0.573 e. The number of alkyl halides is 3. The molecule has 8 nitrogen and oxygen atoms in total. The number of aromatic nitrogens is 2. The zero-order valence-electron chi connectivity index (χ0n) is 24.0. The molecule has 2 aromatic heterocycles. The van der Waals surface area contributed by atoms with E-state index < -0.39 is 18.1 Å². The van der Waals surface area contributed by atoms with Gasteiger partial charge in [-0.25, -0.2) is 9.18 Å². The number of halogens is 4. The summed E-state index contributed by atoms with van der Waals surface area (Å²) in [6.07, 6.45) is 2.51. The van der Waals surface area contributed by atoms with E-state index in [0.717, 1.165) is 62.9 Å². The fraction of sp³-hybridized carbons (Fsp3) is 0.469. The molecule has 2 unspecified atom stereocenters. The quantitative estimate of drug-likeness (QED) is 0.193. The van der Waals surface area contributed by atoms with Crippen molar-refractivity contribution in [3.8, 4) is 17.0 Å². The molecule has 0 radical (unpaired) electrons. The Morgan fingerprint density at radius 2 is 1.82 bits per heavy atom. The van der Waals surface area contributed by atoms with Gasteiger partial charge in [0.15, 0.2) is 5.69 Å². The first-order chi connectivity index (χ1) is 21.6. The molecule has 45 heavy (non-hydrogen) atoms. The highest BCUT2D eigenvalue weighted by molar-refractivity contribution is 7.13. The highest BCUT2D eigenvalue weighted by Crippen LogP contribution is 2.58. The number of benzene rings is 2. The number of carboxylic acids is 1. The monoisotopic (exact) mass is 643 g/mol. The van der Waals surface area contributed by atoms with Crippen LogP contribution in [0, 0.1) is 11.2 Å². The topological polar surface area (TPSA) is 97.9 Å². The third kappa shape index (κ3) is 5.13. The predicted octanol–water partition coefficient (Wildman–Crippen LogP) is 8.06. The van der Waals surface area contributed by atoms with Gasteiger partial charge in [-0.05, 0) is 92.6 Å². The largest absolute Gasteiger partial charge is 0.573 e. The Balaban J connectivity index is 0.964. The lowest BCUT2D eigenvalue weighted by Crippen LogP contribution is -2.54. The highest BCUT2D eigenvalue weighted by Gasteiger charge is 2.55. The van der Waals surface area contributed by atoms with Crippen LogP contribution in [0.2, 0.25) is 0 Å². The molecule has 13 heteroatoms. The van der Waals surface area contributed by atoms with E-state index in [4.69, 9.17) is 9.26 Å². The van der Waals surface area contributed by atoms with E-state index in [1.807, 2.05) is 0 Å². The molecular formula is C32H29F4N3O5S. The van der Waals surface area contributed by atoms with Crippen molar-refractivity contribution in [2.45, 2.75) is 88.4 Å². The molecule has 4 heterocycles. The molecule has 1 N–H and O–H groups in total. The van der Waals surface area contributed by atoms with Gasteiger partial charge in [-0.2, -0.15) is 4.37 Å². The molecule has 8 rings (SSSR count). The summed E-state index contributed by atoms with van der Waals surface area (Å²) in [4.78, 5) is 13.7. The molecule has 2 bridgehead atoms. The summed E-state index contributed by atoms with van der Waals surface area (Å²) in [5, 5.41) is 13.9. The van der Waals surface area contributed by atoms with Crippen molar-refractivity contribution >= 4 is 33.3 Å². The van der Waals surface area contributed by atoms with Crippen molar-refractivity contribution in [1.82, 2.24) is 9.53 Å². The van der Waals surface area contributed by atoms with Crippen molar-refractivity contribution in [2.75, 3.05) is 4.90 Å². The molecule has 4 fully saturated rings. The van der Waals surface area contributed by atoms with E-state index in [1.54, 1.807) is 18.2 Å². The Labute approximate surface area is 259 Å². The van der Waals surface area contributed by atoms with Gasteiger partial charge < -0.3 is 24.0 Å². The minimum Gasteiger partial charge on any atom is -0.476 e. The Kier molecular flexibility index (Phi) is 6.65. The molecule has 2 atom stereocenters. The Hall–Kier alpha value is -3.71. The minimum absolute atomic E-state index is 0.00728. The molecule has 0 amide bonds. The third-order valence-electron chi connectivity index (χ3n) is 9.90. The molecule has 4 aromatic rings. The zero-order chi connectivity index (χ0) is 31.1. The average Bonchev–Trinajstić information content (AvgIpc) is 3.50. The minimum atomic E-state index is -4.84. The van der Waals surface area contributed by atoms with Crippen LogP contribution in [-0.4, -0.2) is 45.2 Å². The number of carbonyl (C=O) groups is 1. The molecule has 4 aliphatic rings. The smallest absolute Gasteiger partial charge is 0.476 e. The van der Waals surface area contributed by atoms with Crippen LogP contribution in [0.25, 0.3) is 21.3 Å². The lowest BCUT2D eigenvalue weighted by Gasteiger charge is -2.55. The first-order valence-corrected chi connectivity index (χ1v) is 15.9. The summed E-state index contributed by atoms with van der Waals surface area (Å²) < 4.78 is 75.7. The van der Waals surface area contributed by atoms with Gasteiger partial charge in [0.05, 0.1) is 23.1 Å². The van der Waals surface area contributed by atoms with Crippen molar-refractivity contribution < 1.29 is 41.5 Å². The van der Waals surface area contributed by atoms with Crippen LogP contribution in [-0.2, 0) is 11.3 Å². The van der Waals surface area contributed by atoms with Gasteiger partial charge in [-0.1, -0.05) is 17.3 Å². The fourth-order valence-electron chi connectivity index (χ4n) is 7.91. The van der Waals surface area contributed by atoms with Crippen LogP contribution in [0.3, 0.4) is 0 Å². The molecule has 1 spiro atoms. The van der Waals surface area contributed by atoms with E-state index in [9.17, 15) is 23.1 Å². The number of hydrogen-bond acceptors (Lipinski definition) is 8. The molecule has 2 saturated carbocycles. The van der Waals surface area contributed by atoms with Crippen LogP contribution in [0.1, 0.15) is 79.1 Å². The molecule has 2 aliphatic carbocycles. The summed E-state index contributed by atoms with van der Waals surface area (Å²) >= 11 is 1.07. The number of ether oxygens (including phenoxy) is 2. The Morgan fingerprint density at radius 1 is 1.09 bits per heavy atom. The normalized spacial score (nSPS) is 26.0. The van der Waals surface area contributed by atoms with E-state index in [2.05, 4.69) is 19.2 Å². The zero-order valence-corrected chi connectivity index (χ0v) is 24.8. The van der Waals surface area contributed by atoms with Gasteiger partial charge in [0.2, 0.25) is 0 Å². The second-order valence-electron chi connectivity index (χ2n) is 12.9. The number of carboxylic acid groups (broad SMARTS) is 1. The van der Waals surface area contributed by atoms with Crippen molar-refractivity contribution in [3.63, 3.8) is 0 Å². The van der Waals surface area contributed by atoms with Gasteiger partial charge in [-0.15, -0.1) is 13.2 Å². The van der Waals surface area contributed by atoms with Crippen molar-refractivity contribution in [2.24, 2.45) is 5.41 Å². The van der Waals surface area contributed by atoms with Crippen LogP contribution >= 0.6 is 11.5 Å². The van der Waals surface area contributed by atoms with Gasteiger partial charge >= 0.3 is 12.3 Å². The maximum atomic E-state index is 15.4. The summed E-state index contributed by atoms with van der Waals surface area (Å²) in [6.45, 7) is 0.184. The number of rotatable bonds is 8. The Morgan fingerprint density at radius 3 is 2.51 bits per heavy atom. The predicted molar refractivity (Wildman–Crippen MR) is 156 cm³/mol. The first-order valence-electron chi connectivity index (χ1n) is 15.1. The van der Waals surface area contributed by atoms with Crippen LogP contribution in [0.4, 0.5) is 23.2 Å². The van der Waals surface area contributed by atoms with E-state index in [1.165, 1.54) is 18.2 Å². The maximum absolute atomic E-state index is 15.4. The third-order valence-corrected chi connectivity index (χ3v) is 10.7. The number of fused-ring (bicyclic) bond motifs is 3. The standard InChI is InChI=1S/C32H29F4N3O5S/c33-23-9-21-26(45-38-28(21)30(40)41)10-24(23)39-17-7-8-18(39)12-31(11-17)13-19(14-31)42-15-22-27(37-44-29(22)16-5-6-16)20-3-1-2-4-25(20)43-32(34,35)36/h1-4,9-10,16-19H,5-8,11-15H2,(H,40,41). The fourth-order valence-corrected chi connectivity index (χ4v) is 8.70. The number of aromatic carboxylic acids is 1. The average molecular weight is 644 g/mol. The van der Waals surface area contributed by atoms with E-state index in [0.29, 0.717) is 32.8 Å². The van der Waals surface area contributed by atoms with Gasteiger partial charge in [-0.3, -0.25) is 0 Å². The lowest BCUT2D eigenvalue weighted by atomic mass is 9.59. The summed E-state index contributed by atoms with van der Waals surface area (Å²) in [7, 11) is 0. The number of para-hydroxylation sites is 1.